The molecule has 0 aliphatic carbocycles. The Morgan fingerprint density at radius 1 is 1.17 bits per heavy atom. The minimum Gasteiger partial charge on any atom is -0.462 e. The summed E-state index contributed by atoms with van der Waals surface area (Å²) >= 11 is 11.6. The number of hydrogen-bond acceptors (Lipinski definition) is 4. The monoisotopic (exact) mass is 382 g/mol. The highest BCUT2D eigenvalue weighted by atomic mass is 35.5. The van der Waals surface area contributed by atoms with Gasteiger partial charge in [-0.2, -0.15) is 0 Å². The number of carbonyl (C=O) groups is 1. The molecule has 0 saturated heterocycles. The average Bonchev–Trinajstić information content (AvgIpc) is 2.47. The number of rotatable bonds is 9. The van der Waals surface area contributed by atoms with Crippen LogP contribution in [0.25, 0.3) is 0 Å². The quantitative estimate of drug-likeness (QED) is 0.525. The van der Waals surface area contributed by atoms with Crippen LogP contribution in [-0.2, 0) is 16.0 Å². The Bertz CT molecular complexity index is 449. The topological polar surface area (TPSA) is 55.6 Å². The Kier molecular flexibility index (Phi) is 11.4. The zero-order valence-corrected chi connectivity index (χ0v) is 15.8. The molecule has 7 heteroatoms. The van der Waals surface area contributed by atoms with Gasteiger partial charge in [0.2, 0.25) is 0 Å². The van der Waals surface area contributed by atoms with Crippen LogP contribution < -0.4 is 10.6 Å². The molecule has 0 heterocycles. The van der Waals surface area contributed by atoms with Gasteiger partial charge in [0, 0.05) is 30.5 Å². The molecular formula is C16H25Cl3N2O2. The van der Waals surface area contributed by atoms with E-state index in [9.17, 15) is 4.79 Å². The largest absolute Gasteiger partial charge is 0.462 e. The number of carbonyl (C=O) groups excluding carboxylic acids is 1. The van der Waals surface area contributed by atoms with Crippen LogP contribution in [-0.4, -0.2) is 43.0 Å². The summed E-state index contributed by atoms with van der Waals surface area (Å²) in [4.78, 5) is 13.8. The molecule has 1 rings (SSSR count). The van der Waals surface area contributed by atoms with Crippen molar-refractivity contribution >= 4 is 47.3 Å². The van der Waals surface area contributed by atoms with Crippen LogP contribution in [0.3, 0.4) is 0 Å². The van der Waals surface area contributed by atoms with Crippen LogP contribution in [0.1, 0.15) is 19.4 Å². The fraction of sp³-hybridized carbons (Fsp3) is 0.562. The molecule has 2 N–H and O–H groups in total. The number of alkyl halides is 2. The molecular weight excluding hydrogens is 359 g/mol. The summed E-state index contributed by atoms with van der Waals surface area (Å²) in [6.45, 7) is 5.10. The molecule has 0 spiro atoms. The first-order valence-corrected chi connectivity index (χ1v) is 8.46. The van der Waals surface area contributed by atoms with Gasteiger partial charge in [0.15, 0.2) is 0 Å². The summed E-state index contributed by atoms with van der Waals surface area (Å²) in [5.41, 5.74) is 7.92. The number of anilines is 1. The van der Waals surface area contributed by atoms with Crippen LogP contribution >= 0.6 is 35.6 Å². The van der Waals surface area contributed by atoms with Crippen LogP contribution in [0.4, 0.5) is 5.69 Å². The third-order valence-electron chi connectivity index (χ3n) is 3.12. The smallest absolute Gasteiger partial charge is 0.323 e. The molecule has 0 bridgehead atoms. The first-order chi connectivity index (χ1) is 10.5. The van der Waals surface area contributed by atoms with Crippen molar-refractivity contribution in [3.05, 3.63) is 29.8 Å². The van der Waals surface area contributed by atoms with E-state index in [2.05, 4.69) is 4.90 Å². The van der Waals surface area contributed by atoms with Crippen molar-refractivity contribution in [2.75, 3.05) is 29.7 Å². The van der Waals surface area contributed by atoms with Crippen LogP contribution in [0.5, 0.6) is 0 Å². The minimum atomic E-state index is -0.643. The second kappa shape index (κ2) is 11.8. The first kappa shape index (κ1) is 22.3. The lowest BCUT2D eigenvalue weighted by Gasteiger charge is -2.23. The highest BCUT2D eigenvalue weighted by molar-refractivity contribution is 6.18. The standard InChI is InChI=1S/C16H24Cl2N2O2.ClH/c1-12(2)22-16(21)15(19)11-13-3-5-14(6-4-13)20(9-7-17)10-8-18;/h3-6,12,15H,7-11,19H2,1-2H3;1H. The summed E-state index contributed by atoms with van der Waals surface area (Å²) < 4.78 is 5.11. The Hall–Kier alpha value is -0.680. The Morgan fingerprint density at radius 3 is 2.13 bits per heavy atom. The van der Waals surface area contributed by atoms with Gasteiger partial charge < -0.3 is 15.4 Å². The van der Waals surface area contributed by atoms with Crippen molar-refractivity contribution in [3.63, 3.8) is 0 Å². The number of halogens is 3. The van der Waals surface area contributed by atoms with E-state index in [0.29, 0.717) is 18.2 Å². The Balaban J connectivity index is 0.00000484. The molecule has 23 heavy (non-hydrogen) atoms. The molecule has 0 fully saturated rings. The lowest BCUT2D eigenvalue weighted by atomic mass is 10.1. The molecule has 0 aliphatic rings. The minimum absolute atomic E-state index is 0. The Morgan fingerprint density at radius 2 is 1.70 bits per heavy atom. The predicted octanol–water partition coefficient (Wildman–Crippen LogP) is 3.21. The maximum atomic E-state index is 11.7. The maximum absolute atomic E-state index is 11.7. The molecule has 1 aromatic carbocycles. The highest BCUT2D eigenvalue weighted by Crippen LogP contribution is 2.16. The number of ether oxygens (including phenoxy) is 1. The van der Waals surface area contributed by atoms with Gasteiger partial charge in [-0.25, -0.2) is 0 Å². The molecule has 1 aromatic rings. The zero-order chi connectivity index (χ0) is 16.5. The number of esters is 1. The summed E-state index contributed by atoms with van der Waals surface area (Å²) in [6.07, 6.45) is 0.303. The van der Waals surface area contributed by atoms with Gasteiger partial charge in [-0.1, -0.05) is 12.1 Å². The molecule has 1 atom stereocenters. The third-order valence-corrected chi connectivity index (χ3v) is 3.46. The van der Waals surface area contributed by atoms with Crippen molar-refractivity contribution in [1.82, 2.24) is 0 Å². The third kappa shape index (κ3) is 8.11. The summed E-state index contributed by atoms with van der Waals surface area (Å²) in [7, 11) is 0. The van der Waals surface area contributed by atoms with Crippen LogP contribution in [0.15, 0.2) is 24.3 Å². The first-order valence-electron chi connectivity index (χ1n) is 7.39. The van der Waals surface area contributed by atoms with E-state index in [0.717, 1.165) is 24.3 Å². The normalized spacial score (nSPS) is 11.7. The summed E-state index contributed by atoms with van der Waals surface area (Å²) in [5, 5.41) is 0. The van der Waals surface area contributed by atoms with E-state index < -0.39 is 6.04 Å². The van der Waals surface area contributed by atoms with Gasteiger partial charge in [-0.05, 0) is 38.0 Å². The van der Waals surface area contributed by atoms with E-state index in [-0.39, 0.29) is 24.5 Å². The summed E-state index contributed by atoms with van der Waals surface area (Å²) in [6, 6.07) is 7.28. The molecule has 4 nitrogen and oxygen atoms in total. The number of benzene rings is 1. The van der Waals surface area contributed by atoms with Crippen molar-refractivity contribution in [3.8, 4) is 0 Å². The number of nitrogens with zero attached hydrogens (tertiary/aromatic N) is 1. The SMILES string of the molecule is CC(C)OC(=O)C(N)Cc1ccc(N(CCCl)CCCl)cc1.Cl. The maximum Gasteiger partial charge on any atom is 0.323 e. The lowest BCUT2D eigenvalue weighted by molar-refractivity contribution is -0.148. The van der Waals surface area contributed by atoms with Gasteiger partial charge in [-0.15, -0.1) is 35.6 Å². The Labute approximate surface area is 154 Å². The molecule has 0 saturated carbocycles. The van der Waals surface area contributed by atoms with E-state index in [1.165, 1.54) is 0 Å². The average molecular weight is 384 g/mol. The van der Waals surface area contributed by atoms with Crippen LogP contribution in [0.2, 0.25) is 0 Å². The van der Waals surface area contributed by atoms with E-state index >= 15 is 0 Å². The van der Waals surface area contributed by atoms with Crippen molar-refractivity contribution in [2.24, 2.45) is 5.73 Å². The molecule has 0 radical (unpaired) electrons. The highest BCUT2D eigenvalue weighted by Gasteiger charge is 2.17. The zero-order valence-electron chi connectivity index (χ0n) is 13.5. The van der Waals surface area contributed by atoms with Crippen LogP contribution in [0, 0.1) is 0 Å². The van der Waals surface area contributed by atoms with E-state index in [1.807, 2.05) is 38.1 Å². The predicted molar refractivity (Wildman–Crippen MR) is 100 cm³/mol. The van der Waals surface area contributed by atoms with Gasteiger partial charge in [0.1, 0.15) is 6.04 Å². The van der Waals surface area contributed by atoms with Gasteiger partial charge >= 0.3 is 5.97 Å². The molecule has 0 amide bonds. The van der Waals surface area contributed by atoms with E-state index in [4.69, 9.17) is 33.7 Å². The number of nitrogens with two attached hydrogens (primary N) is 1. The van der Waals surface area contributed by atoms with E-state index in [1.54, 1.807) is 0 Å². The second-order valence-corrected chi connectivity index (χ2v) is 6.08. The molecule has 0 aliphatic heterocycles. The van der Waals surface area contributed by atoms with Gasteiger partial charge in [0.05, 0.1) is 6.10 Å². The number of hydrogen-bond donors (Lipinski definition) is 1. The molecule has 1 unspecified atom stereocenters. The van der Waals surface area contributed by atoms with Crippen molar-refractivity contribution < 1.29 is 9.53 Å². The summed E-state index contributed by atoms with van der Waals surface area (Å²) in [5.74, 6) is 0.722. The van der Waals surface area contributed by atoms with Gasteiger partial charge in [0.25, 0.3) is 0 Å². The van der Waals surface area contributed by atoms with Crippen molar-refractivity contribution in [1.29, 1.82) is 0 Å². The molecule has 0 aromatic heterocycles. The molecule has 132 valence electrons. The second-order valence-electron chi connectivity index (χ2n) is 5.33. The van der Waals surface area contributed by atoms with Crippen molar-refractivity contribution in [2.45, 2.75) is 32.4 Å². The lowest BCUT2D eigenvalue weighted by Crippen LogP contribution is -2.35. The fourth-order valence-electron chi connectivity index (χ4n) is 2.07. The van der Waals surface area contributed by atoms with Gasteiger partial charge in [-0.3, -0.25) is 4.79 Å². The fourth-order valence-corrected chi connectivity index (χ4v) is 2.48.